The van der Waals surface area contributed by atoms with Gasteiger partial charge in [-0.1, -0.05) is 12.1 Å². The van der Waals surface area contributed by atoms with E-state index in [9.17, 15) is 0 Å². The molecule has 0 saturated heterocycles. The molecule has 1 rings (SSSR count). The zero-order chi connectivity index (χ0) is 7.56. The molecule has 0 radical (unpaired) electrons. The van der Waals surface area contributed by atoms with E-state index in [2.05, 4.69) is 5.16 Å². The Labute approximate surface area is 72.3 Å². The third-order valence-electron chi connectivity index (χ3n) is 1.49. The van der Waals surface area contributed by atoms with Gasteiger partial charge in [-0.05, 0) is 6.92 Å². The van der Waals surface area contributed by atoms with E-state index >= 15 is 0 Å². The molecule has 0 saturated carbocycles. The van der Waals surface area contributed by atoms with Gasteiger partial charge in [0.2, 0.25) is 0 Å². The van der Waals surface area contributed by atoms with Crippen molar-refractivity contribution in [2.24, 2.45) is 5.73 Å². The zero-order valence-corrected chi connectivity index (χ0v) is 7.52. The van der Waals surface area contributed by atoms with Crippen molar-refractivity contribution in [2.75, 3.05) is 6.54 Å². The largest absolute Gasteiger partial charge is 0.361 e. The molecule has 0 bridgehead atoms. The molecule has 3 nitrogen and oxygen atoms in total. The molecule has 1 heterocycles. The Kier molecular flexibility index (Phi) is 4.15. The van der Waals surface area contributed by atoms with Gasteiger partial charge < -0.3 is 10.3 Å². The van der Waals surface area contributed by atoms with E-state index in [1.54, 1.807) is 0 Å². The van der Waals surface area contributed by atoms with E-state index < -0.39 is 0 Å². The number of aryl methyl sites for hydroxylation is 1. The molecule has 0 aliphatic heterocycles. The molecule has 1 aromatic rings. The Morgan fingerprint density at radius 1 is 1.73 bits per heavy atom. The van der Waals surface area contributed by atoms with E-state index in [1.165, 1.54) is 0 Å². The van der Waals surface area contributed by atoms with Gasteiger partial charge in [-0.15, -0.1) is 12.4 Å². The summed E-state index contributed by atoms with van der Waals surface area (Å²) in [5.41, 5.74) is 6.34. The Hall–Kier alpha value is -0.540. The summed E-state index contributed by atoms with van der Waals surface area (Å²) in [6.45, 7) is 4.52. The molecule has 0 aliphatic rings. The van der Waals surface area contributed by atoms with Gasteiger partial charge in [0, 0.05) is 18.5 Å². The average molecular weight is 177 g/mol. The van der Waals surface area contributed by atoms with Gasteiger partial charge in [-0.3, -0.25) is 0 Å². The highest BCUT2D eigenvalue weighted by Gasteiger charge is 2.07. The van der Waals surface area contributed by atoms with Crippen molar-refractivity contribution in [2.45, 2.75) is 19.8 Å². The van der Waals surface area contributed by atoms with Crippen molar-refractivity contribution in [1.29, 1.82) is 0 Å². The summed E-state index contributed by atoms with van der Waals surface area (Å²) < 4.78 is 4.99. The molecule has 0 aromatic carbocycles. The van der Waals surface area contributed by atoms with E-state index in [0.29, 0.717) is 6.54 Å². The van der Waals surface area contributed by atoms with Gasteiger partial charge in [0.1, 0.15) is 5.76 Å². The van der Waals surface area contributed by atoms with Crippen molar-refractivity contribution in [3.8, 4) is 0 Å². The first-order valence-electron chi connectivity index (χ1n) is 3.37. The second-order valence-electron chi connectivity index (χ2n) is 2.51. The van der Waals surface area contributed by atoms with Crippen LogP contribution in [0.4, 0.5) is 0 Å². The maximum Gasteiger partial charge on any atom is 0.141 e. The molecule has 0 spiro atoms. The molecule has 4 heteroatoms. The molecule has 11 heavy (non-hydrogen) atoms. The number of hydrogen-bond acceptors (Lipinski definition) is 3. The standard InChI is InChI=1S/C7H12N2O.ClH/c1-5(4-8)7-3-6(2)9-10-7;/h3,5H,4,8H2,1-2H3;1H. The fourth-order valence-electron chi connectivity index (χ4n) is 0.732. The summed E-state index contributed by atoms with van der Waals surface area (Å²) in [6.07, 6.45) is 0. The third-order valence-corrected chi connectivity index (χ3v) is 1.49. The summed E-state index contributed by atoms with van der Waals surface area (Å²) >= 11 is 0. The second kappa shape index (κ2) is 4.36. The lowest BCUT2D eigenvalue weighted by atomic mass is 10.1. The van der Waals surface area contributed by atoms with Crippen molar-refractivity contribution in [1.82, 2.24) is 5.16 Å². The van der Waals surface area contributed by atoms with Gasteiger partial charge in [-0.25, -0.2) is 0 Å². The first-order valence-corrected chi connectivity index (χ1v) is 3.37. The highest BCUT2D eigenvalue weighted by atomic mass is 35.5. The van der Waals surface area contributed by atoms with Crippen LogP contribution in [0.3, 0.4) is 0 Å². The third kappa shape index (κ3) is 2.52. The van der Waals surface area contributed by atoms with E-state index in [4.69, 9.17) is 10.3 Å². The number of aromatic nitrogens is 1. The number of nitrogens with zero attached hydrogens (tertiary/aromatic N) is 1. The van der Waals surface area contributed by atoms with Crippen LogP contribution < -0.4 is 5.73 Å². The van der Waals surface area contributed by atoms with Crippen molar-refractivity contribution in [3.63, 3.8) is 0 Å². The van der Waals surface area contributed by atoms with E-state index in [1.807, 2.05) is 19.9 Å². The van der Waals surface area contributed by atoms with Crippen LogP contribution in [0.15, 0.2) is 10.6 Å². The summed E-state index contributed by atoms with van der Waals surface area (Å²) in [5.74, 6) is 1.15. The maximum atomic E-state index is 5.43. The molecule has 1 aromatic heterocycles. The molecular formula is C7H13ClN2O. The van der Waals surface area contributed by atoms with Gasteiger partial charge in [0.05, 0.1) is 5.69 Å². The lowest BCUT2D eigenvalue weighted by Gasteiger charge is -1.99. The van der Waals surface area contributed by atoms with Crippen LogP contribution in [0, 0.1) is 6.92 Å². The summed E-state index contributed by atoms with van der Waals surface area (Å²) in [4.78, 5) is 0. The predicted molar refractivity (Wildman–Crippen MR) is 46.0 cm³/mol. The van der Waals surface area contributed by atoms with Crippen molar-refractivity contribution >= 4 is 12.4 Å². The highest BCUT2D eigenvalue weighted by Crippen LogP contribution is 2.13. The lowest BCUT2D eigenvalue weighted by molar-refractivity contribution is 0.364. The fourth-order valence-corrected chi connectivity index (χ4v) is 0.732. The minimum Gasteiger partial charge on any atom is -0.361 e. The maximum absolute atomic E-state index is 5.43. The lowest BCUT2D eigenvalue weighted by Crippen LogP contribution is -2.07. The fraction of sp³-hybridized carbons (Fsp3) is 0.571. The topological polar surface area (TPSA) is 52.0 Å². The Morgan fingerprint density at radius 3 is 2.73 bits per heavy atom. The summed E-state index contributed by atoms with van der Waals surface area (Å²) in [6, 6.07) is 1.91. The van der Waals surface area contributed by atoms with Crippen molar-refractivity contribution in [3.05, 3.63) is 17.5 Å². The Bertz CT molecular complexity index is 212. The highest BCUT2D eigenvalue weighted by molar-refractivity contribution is 5.85. The SMILES string of the molecule is Cc1cc(C(C)CN)on1.Cl. The molecule has 1 atom stereocenters. The van der Waals surface area contributed by atoms with Gasteiger partial charge >= 0.3 is 0 Å². The zero-order valence-electron chi connectivity index (χ0n) is 6.70. The van der Waals surface area contributed by atoms with Gasteiger partial charge in [-0.2, -0.15) is 0 Å². The van der Waals surface area contributed by atoms with Crippen LogP contribution in [0.1, 0.15) is 24.3 Å². The second-order valence-corrected chi connectivity index (χ2v) is 2.51. The Morgan fingerprint density at radius 2 is 2.36 bits per heavy atom. The minimum absolute atomic E-state index is 0. The van der Waals surface area contributed by atoms with Gasteiger partial charge in [0.15, 0.2) is 0 Å². The predicted octanol–water partition coefficient (Wildman–Crippen LogP) is 1.47. The normalized spacial score (nSPS) is 12.3. The van der Waals surface area contributed by atoms with Crippen LogP contribution in [0.25, 0.3) is 0 Å². The van der Waals surface area contributed by atoms with Crippen LogP contribution in [-0.2, 0) is 0 Å². The van der Waals surface area contributed by atoms with Crippen LogP contribution >= 0.6 is 12.4 Å². The summed E-state index contributed by atoms with van der Waals surface area (Å²) in [5, 5.41) is 3.76. The van der Waals surface area contributed by atoms with Gasteiger partial charge in [0.25, 0.3) is 0 Å². The molecule has 1 unspecified atom stereocenters. The molecule has 64 valence electrons. The number of rotatable bonds is 2. The first-order chi connectivity index (χ1) is 4.74. The average Bonchev–Trinajstić information content (AvgIpc) is 2.34. The van der Waals surface area contributed by atoms with E-state index in [-0.39, 0.29) is 18.3 Å². The molecule has 2 N–H and O–H groups in total. The quantitative estimate of drug-likeness (QED) is 0.743. The van der Waals surface area contributed by atoms with Crippen LogP contribution in [0.5, 0.6) is 0 Å². The summed E-state index contributed by atoms with van der Waals surface area (Å²) in [7, 11) is 0. The molecule has 0 aliphatic carbocycles. The smallest absolute Gasteiger partial charge is 0.141 e. The molecule has 0 fully saturated rings. The molecule has 0 amide bonds. The number of hydrogen-bond donors (Lipinski definition) is 1. The van der Waals surface area contributed by atoms with Crippen molar-refractivity contribution < 1.29 is 4.52 Å². The Balaban J connectivity index is 0.000001000. The minimum atomic E-state index is 0. The van der Waals surface area contributed by atoms with E-state index in [0.717, 1.165) is 11.5 Å². The molecular weight excluding hydrogens is 164 g/mol. The monoisotopic (exact) mass is 176 g/mol. The number of nitrogens with two attached hydrogens (primary N) is 1. The number of halogens is 1. The first kappa shape index (κ1) is 10.5. The van der Waals surface area contributed by atoms with Crippen LogP contribution in [-0.4, -0.2) is 11.7 Å². The van der Waals surface area contributed by atoms with Crippen LogP contribution in [0.2, 0.25) is 0 Å².